The van der Waals surface area contributed by atoms with Crippen LogP contribution in [0.3, 0.4) is 0 Å². The summed E-state index contributed by atoms with van der Waals surface area (Å²) in [5, 5.41) is 37.4. The van der Waals surface area contributed by atoms with E-state index in [0.717, 1.165) is 0 Å². The highest BCUT2D eigenvalue weighted by Crippen LogP contribution is 2.00. The largest absolute Gasteiger partial charge is 0.478 e. The Morgan fingerprint density at radius 2 is 1.00 bits per heavy atom. The van der Waals surface area contributed by atoms with E-state index in [9.17, 15) is 19.6 Å². The lowest BCUT2D eigenvalue weighted by molar-refractivity contribution is 0.0686. The van der Waals surface area contributed by atoms with E-state index in [4.69, 9.17) is 14.8 Å². The Hall–Kier alpha value is -2.61. The Morgan fingerprint density at radius 1 is 0.696 bits per heavy atom. The van der Waals surface area contributed by atoms with Crippen molar-refractivity contribution in [3.05, 3.63) is 59.7 Å². The maximum absolute atomic E-state index is 10.7. The number of benzene rings is 2. The molecule has 2 rings (SSSR count). The summed E-state index contributed by atoms with van der Waals surface area (Å²) in [5.41, 5.74) is 0.670. The molecule has 0 spiro atoms. The zero-order valence-corrected chi connectivity index (χ0v) is 11.8. The zero-order valence-electron chi connectivity index (χ0n) is 11.8. The van der Waals surface area contributed by atoms with Crippen molar-refractivity contribution in [1.82, 2.24) is 0 Å². The van der Waals surface area contributed by atoms with Crippen molar-refractivity contribution in [2.24, 2.45) is 0 Å². The first kappa shape index (κ1) is 16.8. The maximum atomic E-state index is 10.7. The van der Waals surface area contributed by atoms with E-state index in [1.54, 1.807) is 0 Å². The van der Waals surface area contributed by atoms with Gasteiger partial charge in [-0.25, -0.2) is 9.59 Å². The van der Waals surface area contributed by atoms with Gasteiger partial charge in [-0.3, -0.25) is 0 Å². The van der Waals surface area contributed by atoms with Crippen molar-refractivity contribution in [3.8, 4) is 0 Å². The van der Waals surface area contributed by atoms with Gasteiger partial charge in [-0.05, 0) is 35.2 Å². The fourth-order valence-corrected chi connectivity index (χ4v) is 1.86. The molecule has 0 saturated heterocycles. The molecule has 0 aliphatic carbocycles. The molecule has 0 aliphatic rings. The molecular formula is C14H12B2O7. The van der Waals surface area contributed by atoms with Crippen molar-refractivity contribution in [2.45, 2.75) is 0 Å². The Labute approximate surface area is 132 Å². The van der Waals surface area contributed by atoms with Crippen LogP contribution in [-0.4, -0.2) is 46.4 Å². The highest BCUT2D eigenvalue weighted by atomic mass is 16.5. The summed E-state index contributed by atoms with van der Waals surface area (Å²) >= 11 is 0. The molecule has 9 heteroatoms. The van der Waals surface area contributed by atoms with E-state index in [1.165, 1.54) is 48.5 Å². The van der Waals surface area contributed by atoms with Crippen molar-refractivity contribution < 1.29 is 34.4 Å². The second-order valence-corrected chi connectivity index (χ2v) is 4.70. The molecule has 116 valence electrons. The van der Waals surface area contributed by atoms with Crippen LogP contribution < -0.4 is 10.9 Å². The van der Waals surface area contributed by atoms with Gasteiger partial charge < -0.3 is 24.8 Å². The molecule has 0 aliphatic heterocycles. The van der Waals surface area contributed by atoms with Crippen molar-refractivity contribution in [2.75, 3.05) is 0 Å². The minimum atomic E-state index is -1.47. The zero-order chi connectivity index (χ0) is 17.0. The van der Waals surface area contributed by atoms with E-state index >= 15 is 0 Å². The van der Waals surface area contributed by atoms with E-state index in [-0.39, 0.29) is 22.1 Å². The van der Waals surface area contributed by atoms with Crippen LogP contribution in [0.2, 0.25) is 0 Å². The van der Waals surface area contributed by atoms with Crippen LogP contribution in [0.1, 0.15) is 20.7 Å². The number of aromatic carboxylic acids is 2. The average Bonchev–Trinajstić information content (AvgIpc) is 2.54. The second-order valence-electron chi connectivity index (χ2n) is 4.70. The van der Waals surface area contributed by atoms with Crippen LogP contribution in [0.25, 0.3) is 0 Å². The van der Waals surface area contributed by atoms with Crippen LogP contribution in [0.15, 0.2) is 48.5 Å². The van der Waals surface area contributed by atoms with E-state index in [0.29, 0.717) is 0 Å². The number of hydrogen-bond acceptors (Lipinski definition) is 5. The number of carboxylic acid groups (broad SMARTS) is 2. The summed E-state index contributed by atoms with van der Waals surface area (Å²) in [7, 11) is -2.93. The van der Waals surface area contributed by atoms with E-state index in [2.05, 4.69) is 0 Å². The van der Waals surface area contributed by atoms with Gasteiger partial charge in [0.2, 0.25) is 0 Å². The van der Waals surface area contributed by atoms with E-state index in [1.807, 2.05) is 0 Å². The SMILES string of the molecule is O=C(O)c1ccc(B(O)OB(O)c2ccc(C(=O)O)cc2)cc1. The molecule has 0 amide bonds. The molecule has 23 heavy (non-hydrogen) atoms. The van der Waals surface area contributed by atoms with Crippen LogP contribution in [0, 0.1) is 0 Å². The van der Waals surface area contributed by atoms with Crippen LogP contribution in [-0.2, 0) is 4.57 Å². The van der Waals surface area contributed by atoms with Gasteiger partial charge in [-0.15, -0.1) is 0 Å². The first-order valence-electron chi connectivity index (χ1n) is 6.56. The quantitative estimate of drug-likeness (QED) is 0.513. The number of carbonyl (C=O) groups is 2. The molecular weight excluding hydrogens is 302 g/mol. The van der Waals surface area contributed by atoms with Gasteiger partial charge in [0.25, 0.3) is 0 Å². The highest BCUT2D eigenvalue weighted by Gasteiger charge is 2.26. The molecule has 0 fully saturated rings. The highest BCUT2D eigenvalue weighted by molar-refractivity contribution is 6.73. The first-order valence-corrected chi connectivity index (χ1v) is 6.56. The van der Waals surface area contributed by atoms with Crippen molar-refractivity contribution >= 4 is 37.1 Å². The fourth-order valence-electron chi connectivity index (χ4n) is 1.86. The molecule has 0 radical (unpaired) electrons. The Kier molecular flexibility index (Phi) is 5.17. The lowest BCUT2D eigenvalue weighted by atomic mass is 9.71. The molecule has 0 saturated carbocycles. The molecule has 4 N–H and O–H groups in total. The summed E-state index contributed by atoms with van der Waals surface area (Å²) in [5.74, 6) is -2.18. The van der Waals surface area contributed by atoms with Gasteiger partial charge in [0.15, 0.2) is 0 Å². The number of rotatable bonds is 6. The lowest BCUT2D eigenvalue weighted by Gasteiger charge is -2.12. The van der Waals surface area contributed by atoms with Gasteiger partial charge >= 0.3 is 26.2 Å². The summed E-state index contributed by atoms with van der Waals surface area (Å²) in [6, 6.07) is 10.7. The third-order valence-corrected chi connectivity index (χ3v) is 3.14. The third-order valence-electron chi connectivity index (χ3n) is 3.14. The number of hydrogen-bond donors (Lipinski definition) is 4. The Balaban J connectivity index is 2.05. The van der Waals surface area contributed by atoms with Gasteiger partial charge in [0, 0.05) is 0 Å². The van der Waals surface area contributed by atoms with Crippen molar-refractivity contribution in [3.63, 3.8) is 0 Å². The topological polar surface area (TPSA) is 124 Å². The molecule has 2 aromatic carbocycles. The molecule has 0 heterocycles. The Morgan fingerprint density at radius 3 is 1.26 bits per heavy atom. The normalized spacial score (nSPS) is 10.2. The van der Waals surface area contributed by atoms with Crippen LogP contribution in [0.4, 0.5) is 0 Å². The molecule has 0 bridgehead atoms. The summed E-state index contributed by atoms with van der Waals surface area (Å²) < 4.78 is 5.04. The third kappa shape index (κ3) is 4.19. The predicted octanol–water partition coefficient (Wildman–Crippen LogP) is -0.825. The van der Waals surface area contributed by atoms with Gasteiger partial charge in [-0.2, -0.15) is 0 Å². The van der Waals surface area contributed by atoms with E-state index < -0.39 is 26.2 Å². The summed E-state index contributed by atoms with van der Waals surface area (Å²) in [6.07, 6.45) is 0. The van der Waals surface area contributed by atoms with Gasteiger partial charge in [0.05, 0.1) is 11.1 Å². The maximum Gasteiger partial charge on any atom is 0.477 e. The van der Waals surface area contributed by atoms with Gasteiger partial charge in [-0.1, -0.05) is 24.3 Å². The second kappa shape index (κ2) is 7.10. The Bertz CT molecular complexity index is 639. The van der Waals surface area contributed by atoms with Crippen LogP contribution in [0.5, 0.6) is 0 Å². The molecule has 2 aromatic rings. The predicted molar refractivity (Wildman–Crippen MR) is 83.1 cm³/mol. The standard InChI is InChI=1S/C14H12B2O7/c17-13(18)9-1-5-11(6-2-9)15(21)23-16(22)12-7-3-10(4-8-12)14(19)20/h1-8,21-22H,(H,17,18)(H,19,20). The molecule has 7 nitrogen and oxygen atoms in total. The fraction of sp³-hybridized carbons (Fsp3) is 0. The average molecular weight is 314 g/mol. The smallest absolute Gasteiger partial charge is 0.477 e. The lowest BCUT2D eigenvalue weighted by Crippen LogP contribution is -2.45. The van der Waals surface area contributed by atoms with Crippen molar-refractivity contribution in [1.29, 1.82) is 0 Å². The first-order chi connectivity index (χ1) is 10.9. The van der Waals surface area contributed by atoms with Crippen LogP contribution >= 0.6 is 0 Å². The monoisotopic (exact) mass is 314 g/mol. The molecule has 0 unspecified atom stereocenters. The minimum Gasteiger partial charge on any atom is -0.478 e. The van der Waals surface area contributed by atoms with Gasteiger partial charge in [0.1, 0.15) is 0 Å². The molecule has 0 atom stereocenters. The number of carboxylic acids is 2. The summed E-state index contributed by atoms with van der Waals surface area (Å²) in [4.78, 5) is 21.5. The molecule has 0 aromatic heterocycles. The summed E-state index contributed by atoms with van der Waals surface area (Å²) in [6.45, 7) is 0. The minimum absolute atomic E-state index is 0.0609.